The van der Waals surface area contributed by atoms with Gasteiger partial charge in [0, 0.05) is 50.3 Å². The normalized spacial score (nSPS) is 12.2. The van der Waals surface area contributed by atoms with Gasteiger partial charge in [-0.05, 0) is 39.7 Å². The lowest BCUT2D eigenvalue weighted by molar-refractivity contribution is 0.671. The van der Waals surface area contributed by atoms with Crippen molar-refractivity contribution in [1.29, 1.82) is 0 Å². The van der Waals surface area contributed by atoms with Gasteiger partial charge in [-0.3, -0.25) is 9.55 Å². The Labute approximate surface area is 273 Å². The van der Waals surface area contributed by atoms with E-state index >= 15 is 0 Å². The second-order valence-corrected chi connectivity index (χ2v) is 12.3. The lowest BCUT2D eigenvalue weighted by Gasteiger charge is -2.16. The lowest BCUT2D eigenvalue weighted by atomic mass is 9.99. The van der Waals surface area contributed by atoms with Crippen LogP contribution in [0.2, 0.25) is 0 Å². The summed E-state index contributed by atoms with van der Waals surface area (Å²) < 4.78 is 9.13. The van der Waals surface area contributed by atoms with Crippen molar-refractivity contribution >= 4 is 87.1 Å². The number of rotatable bonds is 2. The number of hydrogen-bond acceptors (Lipinski definition) is 4. The van der Waals surface area contributed by atoms with E-state index in [4.69, 9.17) is 14.4 Å². The second-order valence-electron chi connectivity index (χ2n) is 12.3. The number of nitrogens with zero attached hydrogens (tertiary/aromatic N) is 4. The van der Waals surface area contributed by atoms with Crippen molar-refractivity contribution in [2.75, 3.05) is 0 Å². The molecule has 5 heteroatoms. The minimum Gasteiger partial charge on any atom is -0.454 e. The predicted molar refractivity (Wildman–Crippen MR) is 197 cm³/mol. The topological polar surface area (TPSA) is 56.7 Å². The molecule has 0 atom stereocenters. The molecule has 0 aliphatic rings. The molecular formula is C43H24N4O. The standard InChI is InChI=1S/C43H24N4O/c1-2-12-25(13-3-1)38-43(46-40-33-24-44-23-22-27(33)26-14-4-7-17-30(26)39(40)45-38)47-34-20-10-8-18-31(34)36-28-15-5-6-16-29(28)37-32-19-9-11-21-35(32)48-42(37)41(36)47/h1-24H. The fraction of sp³-hybridized carbons (Fsp3) is 0. The van der Waals surface area contributed by atoms with Gasteiger partial charge in [-0.25, -0.2) is 9.97 Å². The van der Waals surface area contributed by atoms with Crippen molar-refractivity contribution in [1.82, 2.24) is 19.5 Å². The number of aromatic nitrogens is 4. The first-order valence-electron chi connectivity index (χ1n) is 16.1. The van der Waals surface area contributed by atoms with E-state index in [1.54, 1.807) is 0 Å². The van der Waals surface area contributed by atoms with Crippen molar-refractivity contribution in [3.05, 3.63) is 146 Å². The summed E-state index contributed by atoms with van der Waals surface area (Å²) in [5.74, 6) is 0.748. The van der Waals surface area contributed by atoms with E-state index < -0.39 is 0 Å². The van der Waals surface area contributed by atoms with E-state index in [9.17, 15) is 0 Å². The Morgan fingerprint density at radius 1 is 0.479 bits per heavy atom. The molecule has 0 aliphatic carbocycles. The minimum absolute atomic E-state index is 0.748. The first kappa shape index (κ1) is 25.6. The molecule has 48 heavy (non-hydrogen) atoms. The van der Waals surface area contributed by atoms with Gasteiger partial charge >= 0.3 is 0 Å². The summed E-state index contributed by atoms with van der Waals surface area (Å²) in [5.41, 5.74) is 7.19. The van der Waals surface area contributed by atoms with E-state index in [1.165, 1.54) is 10.8 Å². The largest absolute Gasteiger partial charge is 0.454 e. The number of benzene rings is 7. The molecule has 0 fully saturated rings. The summed E-state index contributed by atoms with van der Waals surface area (Å²) in [7, 11) is 0. The molecule has 5 nitrogen and oxygen atoms in total. The Kier molecular flexibility index (Phi) is 5.05. The molecular weight excluding hydrogens is 589 g/mol. The maximum Gasteiger partial charge on any atom is 0.165 e. The second kappa shape index (κ2) is 9.47. The average molecular weight is 613 g/mol. The molecule has 0 spiro atoms. The number of hydrogen-bond donors (Lipinski definition) is 0. The van der Waals surface area contributed by atoms with Crippen LogP contribution in [0, 0.1) is 0 Å². The van der Waals surface area contributed by atoms with Crippen LogP contribution in [0.5, 0.6) is 0 Å². The molecule has 7 aromatic carbocycles. The molecule has 0 saturated carbocycles. The average Bonchev–Trinajstić information content (AvgIpc) is 3.72. The van der Waals surface area contributed by atoms with Crippen molar-refractivity contribution in [2.45, 2.75) is 0 Å². The zero-order valence-corrected chi connectivity index (χ0v) is 25.6. The molecule has 0 saturated heterocycles. The maximum atomic E-state index is 6.85. The highest BCUT2D eigenvalue weighted by Gasteiger charge is 2.26. The van der Waals surface area contributed by atoms with Crippen molar-refractivity contribution < 1.29 is 4.42 Å². The number of fused-ring (bicyclic) bond motifs is 16. The summed E-state index contributed by atoms with van der Waals surface area (Å²) in [6.07, 6.45) is 3.77. The zero-order chi connectivity index (χ0) is 31.3. The van der Waals surface area contributed by atoms with Gasteiger partial charge < -0.3 is 4.42 Å². The van der Waals surface area contributed by atoms with Crippen LogP contribution in [-0.4, -0.2) is 19.5 Å². The van der Waals surface area contributed by atoms with Gasteiger partial charge in [0.15, 0.2) is 11.4 Å². The van der Waals surface area contributed by atoms with Crippen LogP contribution in [0.1, 0.15) is 0 Å². The van der Waals surface area contributed by atoms with Crippen molar-refractivity contribution in [2.24, 2.45) is 0 Å². The molecule has 4 heterocycles. The third kappa shape index (κ3) is 3.32. The Balaban J connectivity index is 1.43. The predicted octanol–water partition coefficient (Wildman–Crippen LogP) is 11.1. The third-order valence-electron chi connectivity index (χ3n) is 9.84. The quantitative estimate of drug-likeness (QED) is 0.182. The summed E-state index contributed by atoms with van der Waals surface area (Å²) in [5, 5.41) is 11.1. The van der Waals surface area contributed by atoms with Crippen LogP contribution < -0.4 is 0 Å². The van der Waals surface area contributed by atoms with Crippen LogP contribution in [0.25, 0.3) is 104 Å². The van der Waals surface area contributed by atoms with E-state index in [1.807, 2.05) is 24.5 Å². The third-order valence-corrected chi connectivity index (χ3v) is 9.84. The molecule has 11 aromatic rings. The van der Waals surface area contributed by atoms with Gasteiger partial charge in [0.25, 0.3) is 0 Å². The van der Waals surface area contributed by atoms with Crippen LogP contribution in [0.3, 0.4) is 0 Å². The fourth-order valence-electron chi connectivity index (χ4n) is 7.84. The van der Waals surface area contributed by atoms with Gasteiger partial charge in [-0.15, -0.1) is 0 Å². The highest BCUT2D eigenvalue weighted by molar-refractivity contribution is 6.35. The number of para-hydroxylation sites is 2. The Morgan fingerprint density at radius 2 is 1.10 bits per heavy atom. The van der Waals surface area contributed by atoms with E-state index in [2.05, 4.69) is 131 Å². The fourth-order valence-corrected chi connectivity index (χ4v) is 7.84. The molecule has 0 unspecified atom stereocenters. The van der Waals surface area contributed by atoms with Gasteiger partial charge in [0.1, 0.15) is 16.8 Å². The Bertz CT molecular complexity index is 3120. The first-order chi connectivity index (χ1) is 23.8. The smallest absolute Gasteiger partial charge is 0.165 e. The lowest BCUT2D eigenvalue weighted by Crippen LogP contribution is -2.04. The molecule has 222 valence electrons. The molecule has 0 N–H and O–H groups in total. The van der Waals surface area contributed by atoms with E-state index in [-0.39, 0.29) is 0 Å². The molecule has 0 radical (unpaired) electrons. The van der Waals surface area contributed by atoms with Gasteiger partial charge in [-0.1, -0.05) is 115 Å². The molecule has 0 bridgehead atoms. The SMILES string of the molecule is c1ccc(-c2nc3c4ccccc4c4ccncc4c3nc2-n2c3ccccc3c3c4ccccc4c4c5ccccc5oc4c32)cc1. The highest BCUT2D eigenvalue weighted by atomic mass is 16.3. The van der Waals surface area contributed by atoms with Gasteiger partial charge in [-0.2, -0.15) is 0 Å². The summed E-state index contributed by atoms with van der Waals surface area (Å²) in [6, 6.07) is 46.5. The molecule has 4 aromatic heterocycles. The number of pyridine rings is 1. The van der Waals surface area contributed by atoms with E-state index in [0.29, 0.717) is 0 Å². The van der Waals surface area contributed by atoms with E-state index in [0.717, 1.165) is 93.4 Å². The van der Waals surface area contributed by atoms with Crippen LogP contribution in [-0.2, 0) is 0 Å². The Morgan fingerprint density at radius 3 is 1.94 bits per heavy atom. The summed E-state index contributed by atoms with van der Waals surface area (Å²) in [4.78, 5) is 15.7. The van der Waals surface area contributed by atoms with Crippen molar-refractivity contribution in [3.8, 4) is 17.1 Å². The summed E-state index contributed by atoms with van der Waals surface area (Å²) in [6.45, 7) is 0. The molecule has 11 rings (SSSR count). The summed E-state index contributed by atoms with van der Waals surface area (Å²) >= 11 is 0. The monoisotopic (exact) mass is 612 g/mol. The van der Waals surface area contributed by atoms with Gasteiger partial charge in [0.2, 0.25) is 0 Å². The Hall–Kier alpha value is -6.59. The number of furan rings is 1. The maximum absolute atomic E-state index is 6.85. The molecule has 0 amide bonds. The molecule has 0 aliphatic heterocycles. The van der Waals surface area contributed by atoms with Crippen LogP contribution in [0.15, 0.2) is 150 Å². The minimum atomic E-state index is 0.748. The van der Waals surface area contributed by atoms with Crippen molar-refractivity contribution in [3.63, 3.8) is 0 Å². The van der Waals surface area contributed by atoms with Gasteiger partial charge in [0.05, 0.1) is 16.6 Å². The first-order valence-corrected chi connectivity index (χ1v) is 16.1. The van der Waals surface area contributed by atoms with Crippen LogP contribution >= 0.6 is 0 Å². The highest BCUT2D eigenvalue weighted by Crippen LogP contribution is 2.46. The zero-order valence-electron chi connectivity index (χ0n) is 25.6. The van der Waals surface area contributed by atoms with Crippen LogP contribution in [0.4, 0.5) is 0 Å².